The van der Waals surface area contributed by atoms with Crippen molar-refractivity contribution in [3.05, 3.63) is 40.3 Å². The summed E-state index contributed by atoms with van der Waals surface area (Å²) >= 11 is 5.94. The Morgan fingerprint density at radius 2 is 2.11 bits per heavy atom. The molecule has 0 unspecified atom stereocenters. The molecule has 1 heterocycles. The number of aromatic carboxylic acids is 1. The van der Waals surface area contributed by atoms with Gasteiger partial charge in [-0.25, -0.2) is 14.2 Å². The fourth-order valence-electron chi connectivity index (χ4n) is 1.75. The topological polar surface area (TPSA) is 50.2 Å². The van der Waals surface area contributed by atoms with Gasteiger partial charge >= 0.3 is 5.97 Å². The molecule has 0 atom stereocenters. The molecular formula is C13H11ClFNO2. The number of aromatic nitrogens is 1. The number of hydrogen-bond acceptors (Lipinski definition) is 2. The Morgan fingerprint density at radius 1 is 1.44 bits per heavy atom. The van der Waals surface area contributed by atoms with Crippen molar-refractivity contribution < 1.29 is 14.3 Å². The van der Waals surface area contributed by atoms with Gasteiger partial charge in [0, 0.05) is 11.1 Å². The molecule has 1 aromatic heterocycles. The Labute approximate surface area is 108 Å². The van der Waals surface area contributed by atoms with E-state index in [-0.39, 0.29) is 27.4 Å². The minimum atomic E-state index is -1.14. The van der Waals surface area contributed by atoms with Crippen LogP contribution in [0.1, 0.15) is 35.8 Å². The number of carbonyl (C=O) groups is 1. The molecule has 18 heavy (non-hydrogen) atoms. The Kier molecular flexibility index (Phi) is 3.22. The molecule has 2 aromatic rings. The lowest BCUT2D eigenvalue weighted by Gasteiger charge is -2.10. The van der Waals surface area contributed by atoms with Crippen molar-refractivity contribution >= 4 is 28.5 Å². The number of carboxylic acid groups (broad SMARTS) is 1. The van der Waals surface area contributed by atoms with E-state index in [9.17, 15) is 14.3 Å². The van der Waals surface area contributed by atoms with Gasteiger partial charge in [0.25, 0.3) is 0 Å². The van der Waals surface area contributed by atoms with E-state index in [2.05, 4.69) is 4.98 Å². The number of carboxylic acids is 1. The Morgan fingerprint density at radius 3 is 2.67 bits per heavy atom. The number of hydrogen-bond donors (Lipinski definition) is 1. The summed E-state index contributed by atoms with van der Waals surface area (Å²) in [6.07, 6.45) is 0. The number of nitrogens with zero attached hydrogens (tertiary/aromatic N) is 1. The molecule has 2 rings (SSSR count). The summed E-state index contributed by atoms with van der Waals surface area (Å²) in [5.74, 6) is -1.71. The standard InChI is InChI=1S/C13H11ClFNO2/c1-6(2)10-5-7(13(17)18)11-8(14)3-4-9(15)12(11)16-10/h3-6H,1-2H3,(H,17,18). The maximum Gasteiger partial charge on any atom is 0.336 e. The molecule has 0 aliphatic carbocycles. The van der Waals surface area contributed by atoms with E-state index in [1.165, 1.54) is 18.2 Å². The van der Waals surface area contributed by atoms with Crippen LogP contribution in [0.2, 0.25) is 5.02 Å². The van der Waals surface area contributed by atoms with Crippen LogP contribution in [0.4, 0.5) is 4.39 Å². The van der Waals surface area contributed by atoms with Crippen molar-refractivity contribution in [2.75, 3.05) is 0 Å². The average molecular weight is 268 g/mol. The van der Waals surface area contributed by atoms with Crippen molar-refractivity contribution in [3.8, 4) is 0 Å². The predicted molar refractivity (Wildman–Crippen MR) is 67.8 cm³/mol. The summed E-state index contributed by atoms with van der Waals surface area (Å²) in [4.78, 5) is 15.4. The van der Waals surface area contributed by atoms with Crippen molar-refractivity contribution in [2.45, 2.75) is 19.8 Å². The number of pyridine rings is 1. The quantitative estimate of drug-likeness (QED) is 0.899. The zero-order chi connectivity index (χ0) is 13.4. The minimum Gasteiger partial charge on any atom is -0.478 e. The number of fused-ring (bicyclic) bond motifs is 1. The first-order chi connectivity index (χ1) is 8.41. The number of benzene rings is 1. The molecule has 0 saturated heterocycles. The van der Waals surface area contributed by atoms with E-state index in [0.29, 0.717) is 5.69 Å². The molecule has 0 fully saturated rings. The average Bonchev–Trinajstić information content (AvgIpc) is 2.32. The summed E-state index contributed by atoms with van der Waals surface area (Å²) in [6, 6.07) is 3.97. The lowest BCUT2D eigenvalue weighted by atomic mass is 10.0. The fourth-order valence-corrected chi connectivity index (χ4v) is 2.01. The minimum absolute atomic E-state index is 0.00545. The Bertz CT molecular complexity index is 640. The maximum absolute atomic E-state index is 13.7. The zero-order valence-electron chi connectivity index (χ0n) is 9.87. The van der Waals surface area contributed by atoms with Crippen LogP contribution in [0.25, 0.3) is 10.9 Å². The molecule has 1 N–H and O–H groups in total. The van der Waals surface area contributed by atoms with Crippen LogP contribution >= 0.6 is 11.6 Å². The third-order valence-corrected chi connectivity index (χ3v) is 3.02. The summed E-state index contributed by atoms with van der Waals surface area (Å²) < 4.78 is 13.7. The Balaban J connectivity index is 2.94. The first-order valence-electron chi connectivity index (χ1n) is 5.43. The second-order valence-electron chi connectivity index (χ2n) is 4.31. The van der Waals surface area contributed by atoms with E-state index in [0.717, 1.165) is 0 Å². The zero-order valence-corrected chi connectivity index (χ0v) is 10.6. The van der Waals surface area contributed by atoms with Crippen LogP contribution in [0.15, 0.2) is 18.2 Å². The summed E-state index contributed by atoms with van der Waals surface area (Å²) in [5.41, 5.74) is 0.514. The van der Waals surface area contributed by atoms with Gasteiger partial charge in [0.05, 0.1) is 10.6 Å². The van der Waals surface area contributed by atoms with Crippen LogP contribution < -0.4 is 0 Å². The van der Waals surface area contributed by atoms with Gasteiger partial charge in [-0.15, -0.1) is 0 Å². The van der Waals surface area contributed by atoms with Gasteiger partial charge < -0.3 is 5.11 Å². The highest BCUT2D eigenvalue weighted by Crippen LogP contribution is 2.30. The summed E-state index contributed by atoms with van der Waals surface area (Å²) in [6.45, 7) is 3.73. The monoisotopic (exact) mass is 267 g/mol. The van der Waals surface area contributed by atoms with Gasteiger partial charge in [0.1, 0.15) is 11.3 Å². The second-order valence-corrected chi connectivity index (χ2v) is 4.71. The van der Waals surface area contributed by atoms with Crippen molar-refractivity contribution in [1.82, 2.24) is 4.98 Å². The largest absolute Gasteiger partial charge is 0.478 e. The highest BCUT2D eigenvalue weighted by Gasteiger charge is 2.18. The highest BCUT2D eigenvalue weighted by molar-refractivity contribution is 6.36. The summed E-state index contributed by atoms with van der Waals surface area (Å²) in [7, 11) is 0. The van der Waals surface area contributed by atoms with Gasteiger partial charge in [-0.1, -0.05) is 25.4 Å². The third-order valence-electron chi connectivity index (χ3n) is 2.70. The molecule has 0 aliphatic rings. The van der Waals surface area contributed by atoms with E-state index in [4.69, 9.17) is 11.6 Å². The lowest BCUT2D eigenvalue weighted by Crippen LogP contribution is -2.04. The fraction of sp³-hybridized carbons (Fsp3) is 0.231. The molecule has 5 heteroatoms. The normalized spacial score (nSPS) is 11.2. The van der Waals surface area contributed by atoms with Crippen LogP contribution in [0.3, 0.4) is 0 Å². The molecule has 0 radical (unpaired) electrons. The van der Waals surface area contributed by atoms with Gasteiger partial charge in [0.2, 0.25) is 0 Å². The number of halogens is 2. The van der Waals surface area contributed by atoms with Crippen LogP contribution in [-0.2, 0) is 0 Å². The second kappa shape index (κ2) is 4.53. The molecule has 3 nitrogen and oxygen atoms in total. The third kappa shape index (κ3) is 2.04. The molecule has 94 valence electrons. The molecule has 0 amide bonds. The smallest absolute Gasteiger partial charge is 0.336 e. The predicted octanol–water partition coefficient (Wildman–Crippen LogP) is 3.85. The molecule has 0 bridgehead atoms. The highest BCUT2D eigenvalue weighted by atomic mass is 35.5. The van der Waals surface area contributed by atoms with E-state index < -0.39 is 11.8 Å². The van der Waals surface area contributed by atoms with Gasteiger partial charge in [0.15, 0.2) is 0 Å². The van der Waals surface area contributed by atoms with Gasteiger partial charge in [-0.05, 0) is 24.1 Å². The van der Waals surface area contributed by atoms with Crippen LogP contribution in [0, 0.1) is 5.82 Å². The van der Waals surface area contributed by atoms with Crippen LogP contribution in [-0.4, -0.2) is 16.1 Å². The van der Waals surface area contributed by atoms with Gasteiger partial charge in [-0.3, -0.25) is 0 Å². The molecule has 0 aliphatic heterocycles. The van der Waals surface area contributed by atoms with E-state index >= 15 is 0 Å². The Hall–Kier alpha value is -1.68. The van der Waals surface area contributed by atoms with Crippen molar-refractivity contribution in [1.29, 1.82) is 0 Å². The van der Waals surface area contributed by atoms with E-state index in [1.54, 1.807) is 0 Å². The lowest BCUT2D eigenvalue weighted by molar-refractivity contribution is 0.0699. The van der Waals surface area contributed by atoms with E-state index in [1.807, 2.05) is 13.8 Å². The maximum atomic E-state index is 13.7. The van der Waals surface area contributed by atoms with Crippen LogP contribution in [0.5, 0.6) is 0 Å². The molecule has 0 spiro atoms. The first-order valence-corrected chi connectivity index (χ1v) is 5.81. The first kappa shape index (κ1) is 12.8. The van der Waals surface area contributed by atoms with Gasteiger partial charge in [-0.2, -0.15) is 0 Å². The molecule has 0 saturated carbocycles. The van der Waals surface area contributed by atoms with Crippen molar-refractivity contribution in [3.63, 3.8) is 0 Å². The molecule has 1 aromatic carbocycles. The summed E-state index contributed by atoms with van der Waals surface area (Å²) in [5, 5.41) is 9.53. The molecular weight excluding hydrogens is 257 g/mol. The number of rotatable bonds is 2. The van der Waals surface area contributed by atoms with Crippen molar-refractivity contribution in [2.24, 2.45) is 0 Å². The SMILES string of the molecule is CC(C)c1cc(C(=O)O)c2c(Cl)ccc(F)c2n1.